The van der Waals surface area contributed by atoms with Crippen molar-refractivity contribution in [2.24, 2.45) is 5.73 Å². The molecule has 11 heteroatoms. The maximum atomic E-state index is 12.5. The highest BCUT2D eigenvalue weighted by Gasteiger charge is 2.36. The van der Waals surface area contributed by atoms with Crippen molar-refractivity contribution in [3.63, 3.8) is 0 Å². The van der Waals surface area contributed by atoms with Gasteiger partial charge in [0, 0.05) is 19.4 Å². The molecule has 0 spiro atoms. The van der Waals surface area contributed by atoms with Crippen LogP contribution in [-0.2, 0) is 37.4 Å². The van der Waals surface area contributed by atoms with Crippen LogP contribution in [0.4, 0.5) is 0 Å². The van der Waals surface area contributed by atoms with Gasteiger partial charge < -0.3 is 24.8 Å². The van der Waals surface area contributed by atoms with Crippen LogP contribution in [0.2, 0.25) is 0 Å². The molecule has 1 rings (SSSR count). The number of rotatable bonds is 35. The van der Waals surface area contributed by atoms with E-state index in [9.17, 15) is 19.0 Å². The quantitative estimate of drug-likeness (QED) is 0.0213. The molecule has 3 unspecified atom stereocenters. The predicted molar refractivity (Wildman–Crippen MR) is 201 cm³/mol. The molecule has 0 aromatic carbocycles. The zero-order valence-corrected chi connectivity index (χ0v) is 32.2. The Morgan fingerprint density at radius 3 is 1.90 bits per heavy atom. The van der Waals surface area contributed by atoms with Gasteiger partial charge in [0.05, 0.1) is 25.4 Å². The zero-order chi connectivity index (χ0) is 36.5. The van der Waals surface area contributed by atoms with Crippen molar-refractivity contribution in [2.75, 3.05) is 26.4 Å². The summed E-state index contributed by atoms with van der Waals surface area (Å²) in [5, 5.41) is 0. The highest BCUT2D eigenvalue weighted by atomic mass is 31.2. The lowest BCUT2D eigenvalue weighted by Gasteiger charge is -2.19. The van der Waals surface area contributed by atoms with Crippen LogP contribution in [-0.4, -0.2) is 61.5 Å². The Hall–Kier alpha value is -1.81. The molecule has 0 radical (unpaired) electrons. The lowest BCUT2D eigenvalue weighted by atomic mass is 10.1. The molecule has 0 aliphatic carbocycles. The van der Waals surface area contributed by atoms with Gasteiger partial charge in [0.2, 0.25) is 0 Å². The molecule has 1 heterocycles. The van der Waals surface area contributed by atoms with Crippen LogP contribution >= 0.6 is 7.82 Å². The SMILES string of the molecule is CCCCC/C=C\C/C=C\CC1OC1C/C=C\CCCC(=O)O[C@H](COC(=O)CCCCCCCCCCCCC)COP(=O)(O)OCCN. The molecule has 290 valence electrons. The molecule has 1 aliphatic heterocycles. The van der Waals surface area contributed by atoms with E-state index in [4.69, 9.17) is 29.0 Å². The Bertz CT molecular complexity index is 987. The second-order valence-electron chi connectivity index (χ2n) is 13.2. The first-order valence-electron chi connectivity index (χ1n) is 19.6. The van der Waals surface area contributed by atoms with Crippen molar-refractivity contribution in [2.45, 2.75) is 173 Å². The van der Waals surface area contributed by atoms with Gasteiger partial charge in [0.15, 0.2) is 6.10 Å². The summed E-state index contributed by atoms with van der Waals surface area (Å²) in [4.78, 5) is 34.7. The lowest BCUT2D eigenvalue weighted by Crippen LogP contribution is -2.29. The Labute approximate surface area is 303 Å². The van der Waals surface area contributed by atoms with Crippen LogP contribution in [0.15, 0.2) is 36.5 Å². The summed E-state index contributed by atoms with van der Waals surface area (Å²) in [6.45, 7) is 3.60. The first-order chi connectivity index (χ1) is 24.3. The molecule has 0 amide bonds. The minimum Gasteiger partial charge on any atom is -0.462 e. The third-order valence-electron chi connectivity index (χ3n) is 8.43. The van der Waals surface area contributed by atoms with Gasteiger partial charge in [-0.25, -0.2) is 4.57 Å². The number of carbonyl (C=O) groups is 2. The molecule has 3 N–H and O–H groups in total. The second kappa shape index (κ2) is 31.9. The second-order valence-corrected chi connectivity index (χ2v) is 14.6. The number of phosphoric acid groups is 1. The summed E-state index contributed by atoms with van der Waals surface area (Å²) in [7, 11) is -4.39. The molecule has 10 nitrogen and oxygen atoms in total. The summed E-state index contributed by atoms with van der Waals surface area (Å²) < 4.78 is 38.4. The van der Waals surface area contributed by atoms with Gasteiger partial charge >= 0.3 is 19.8 Å². The van der Waals surface area contributed by atoms with E-state index >= 15 is 0 Å². The molecular formula is C39H70NO9P. The van der Waals surface area contributed by atoms with E-state index in [-0.39, 0.29) is 44.8 Å². The minimum atomic E-state index is -4.39. The van der Waals surface area contributed by atoms with Crippen molar-refractivity contribution in [1.82, 2.24) is 0 Å². The van der Waals surface area contributed by atoms with E-state index in [1.54, 1.807) is 0 Å². The number of unbranched alkanes of at least 4 members (excludes halogenated alkanes) is 14. The van der Waals surface area contributed by atoms with E-state index in [0.717, 1.165) is 44.9 Å². The summed E-state index contributed by atoms with van der Waals surface area (Å²) >= 11 is 0. The number of hydrogen-bond donors (Lipinski definition) is 2. The van der Waals surface area contributed by atoms with Gasteiger partial charge in [-0.05, 0) is 51.4 Å². The molecule has 0 aromatic rings. The lowest BCUT2D eigenvalue weighted by molar-refractivity contribution is -0.161. The van der Waals surface area contributed by atoms with Crippen LogP contribution in [0.25, 0.3) is 0 Å². The maximum Gasteiger partial charge on any atom is 0.472 e. The van der Waals surface area contributed by atoms with Crippen LogP contribution in [0.1, 0.15) is 155 Å². The van der Waals surface area contributed by atoms with Crippen LogP contribution in [0.5, 0.6) is 0 Å². The Balaban J connectivity index is 2.27. The predicted octanol–water partition coefficient (Wildman–Crippen LogP) is 9.59. The third kappa shape index (κ3) is 28.8. The van der Waals surface area contributed by atoms with Crippen molar-refractivity contribution < 1.29 is 42.3 Å². The fourth-order valence-corrected chi connectivity index (χ4v) is 6.14. The zero-order valence-electron chi connectivity index (χ0n) is 31.3. The first-order valence-corrected chi connectivity index (χ1v) is 21.1. The number of carbonyl (C=O) groups excluding carboxylic acids is 2. The van der Waals surface area contributed by atoms with Crippen LogP contribution < -0.4 is 5.73 Å². The number of allylic oxidation sites excluding steroid dienone is 4. The van der Waals surface area contributed by atoms with E-state index in [1.807, 2.05) is 6.08 Å². The number of nitrogens with two attached hydrogens (primary N) is 1. The first kappa shape index (κ1) is 46.2. The van der Waals surface area contributed by atoms with E-state index in [2.05, 4.69) is 44.2 Å². The van der Waals surface area contributed by atoms with E-state index in [0.29, 0.717) is 12.8 Å². The summed E-state index contributed by atoms with van der Waals surface area (Å²) in [6, 6.07) is 0. The molecule has 1 aliphatic rings. The number of hydrogen-bond acceptors (Lipinski definition) is 9. The standard InChI is InChI=1S/C39H70NO9P/c1-3-5-7-9-11-13-14-16-18-20-25-29-38(41)45-33-35(34-47-50(43,44)46-32-31-40)48-39(42)30-26-22-21-24-28-37-36(49-37)27-23-19-17-15-12-10-8-6-4-2/h12,15,19,21,23-24,35-37H,3-11,13-14,16-18,20,22,25-34,40H2,1-2H3,(H,43,44)/b15-12-,23-19-,24-21-/t35-,36?,37?/m1/s1. The Morgan fingerprint density at radius 2 is 1.24 bits per heavy atom. The Kier molecular flexibility index (Phi) is 29.5. The fraction of sp³-hybridized carbons (Fsp3) is 0.795. The monoisotopic (exact) mass is 727 g/mol. The number of epoxide rings is 1. The minimum absolute atomic E-state index is 0.0421. The van der Waals surface area contributed by atoms with E-state index in [1.165, 1.54) is 70.6 Å². The molecule has 4 atom stereocenters. The summed E-state index contributed by atoms with van der Waals surface area (Å²) in [6.07, 6.45) is 34.9. The highest BCUT2D eigenvalue weighted by molar-refractivity contribution is 7.47. The van der Waals surface area contributed by atoms with E-state index < -0.39 is 32.5 Å². The molecule has 0 saturated carbocycles. The molecule has 50 heavy (non-hydrogen) atoms. The van der Waals surface area contributed by atoms with Crippen LogP contribution in [0, 0.1) is 0 Å². The van der Waals surface area contributed by atoms with Gasteiger partial charge in [0.25, 0.3) is 0 Å². The van der Waals surface area contributed by atoms with Crippen molar-refractivity contribution in [3.05, 3.63) is 36.5 Å². The van der Waals surface area contributed by atoms with Crippen molar-refractivity contribution in [1.29, 1.82) is 0 Å². The average molecular weight is 728 g/mol. The van der Waals surface area contributed by atoms with Gasteiger partial charge in [-0.15, -0.1) is 0 Å². The largest absolute Gasteiger partial charge is 0.472 e. The topological polar surface area (TPSA) is 147 Å². The molecule has 1 saturated heterocycles. The highest BCUT2D eigenvalue weighted by Crippen LogP contribution is 2.43. The molecule has 1 fully saturated rings. The molecule has 0 bridgehead atoms. The summed E-state index contributed by atoms with van der Waals surface area (Å²) in [5.41, 5.74) is 5.33. The van der Waals surface area contributed by atoms with Crippen molar-refractivity contribution in [3.8, 4) is 0 Å². The number of ether oxygens (including phenoxy) is 3. The molecule has 0 aromatic heterocycles. The maximum absolute atomic E-state index is 12.5. The van der Waals surface area contributed by atoms with Gasteiger partial charge in [-0.3, -0.25) is 18.6 Å². The number of phosphoric ester groups is 1. The third-order valence-corrected chi connectivity index (χ3v) is 9.42. The smallest absolute Gasteiger partial charge is 0.462 e. The number of esters is 2. The van der Waals surface area contributed by atoms with Gasteiger partial charge in [-0.1, -0.05) is 127 Å². The van der Waals surface area contributed by atoms with Gasteiger partial charge in [0.1, 0.15) is 6.61 Å². The Morgan fingerprint density at radius 1 is 0.700 bits per heavy atom. The van der Waals surface area contributed by atoms with Crippen molar-refractivity contribution >= 4 is 19.8 Å². The molecular weight excluding hydrogens is 657 g/mol. The fourth-order valence-electron chi connectivity index (χ4n) is 5.37. The van der Waals surface area contributed by atoms with Crippen LogP contribution in [0.3, 0.4) is 0 Å². The van der Waals surface area contributed by atoms with Gasteiger partial charge in [-0.2, -0.15) is 0 Å². The summed E-state index contributed by atoms with van der Waals surface area (Å²) in [5.74, 6) is -0.904. The average Bonchev–Trinajstić information content (AvgIpc) is 3.86. The normalized spacial score (nSPS) is 17.8.